The molecule has 0 aromatic heterocycles. The monoisotopic (exact) mass is 389 g/mol. The van der Waals surface area contributed by atoms with Crippen LogP contribution in [0.1, 0.15) is 46.9 Å². The van der Waals surface area contributed by atoms with Crippen LogP contribution in [0.4, 0.5) is 5.69 Å². The molecule has 27 heavy (non-hydrogen) atoms. The number of carbonyl (C=O) groups excluding carboxylic acids is 2. The highest BCUT2D eigenvalue weighted by Crippen LogP contribution is 2.26. The molecule has 0 aliphatic carbocycles. The number of amides is 1. The lowest BCUT2D eigenvalue weighted by atomic mass is 10.1. The fourth-order valence-electron chi connectivity index (χ4n) is 2.32. The average Bonchev–Trinajstić information content (AvgIpc) is 2.65. The number of benzene rings is 2. The zero-order valence-corrected chi connectivity index (χ0v) is 15.6. The number of nitrogens with one attached hydrogen (secondary N) is 1. The van der Waals surface area contributed by atoms with Crippen LogP contribution in [-0.4, -0.2) is 29.4 Å². The molecule has 2 N–H and O–H groups in total. The number of aromatic carboxylic acids is 1. The Morgan fingerprint density at radius 3 is 2.33 bits per heavy atom. The molecule has 0 unspecified atom stereocenters. The van der Waals surface area contributed by atoms with Crippen LogP contribution in [0.3, 0.4) is 0 Å². The van der Waals surface area contributed by atoms with Crippen LogP contribution in [0.2, 0.25) is 5.02 Å². The summed E-state index contributed by atoms with van der Waals surface area (Å²) in [4.78, 5) is 35.5. The Bertz CT molecular complexity index is 833. The first-order chi connectivity index (χ1) is 12.9. The van der Waals surface area contributed by atoms with Gasteiger partial charge in [0.1, 0.15) is 5.75 Å². The smallest absolute Gasteiger partial charge is 0.335 e. The Morgan fingerprint density at radius 2 is 1.70 bits per heavy atom. The lowest BCUT2D eigenvalue weighted by Crippen LogP contribution is -2.15. The third-order valence-electron chi connectivity index (χ3n) is 3.71. The van der Waals surface area contributed by atoms with Crippen LogP contribution in [-0.2, 0) is 4.79 Å². The van der Waals surface area contributed by atoms with Gasteiger partial charge in [0.05, 0.1) is 17.9 Å². The normalized spacial score (nSPS) is 10.3. The van der Waals surface area contributed by atoms with E-state index in [0.29, 0.717) is 22.9 Å². The second-order valence-corrected chi connectivity index (χ2v) is 6.28. The molecule has 6 nitrogen and oxygen atoms in total. The fraction of sp³-hybridized carbons (Fsp3) is 0.250. The topological polar surface area (TPSA) is 92.7 Å². The fourth-order valence-corrected chi connectivity index (χ4v) is 2.44. The largest absolute Gasteiger partial charge is 0.491 e. The van der Waals surface area contributed by atoms with E-state index in [1.165, 1.54) is 18.2 Å². The number of halogens is 1. The van der Waals surface area contributed by atoms with Gasteiger partial charge in [-0.2, -0.15) is 0 Å². The molecule has 0 heterocycles. The first kappa shape index (κ1) is 20.5. The number of carboxylic acids is 1. The molecule has 142 valence electrons. The maximum Gasteiger partial charge on any atom is 0.335 e. The van der Waals surface area contributed by atoms with Crippen molar-refractivity contribution in [3.8, 4) is 5.75 Å². The van der Waals surface area contributed by atoms with E-state index in [1.807, 2.05) is 6.92 Å². The van der Waals surface area contributed by atoms with Crippen molar-refractivity contribution < 1.29 is 24.2 Å². The number of carbonyl (C=O) groups is 3. The lowest BCUT2D eigenvalue weighted by Gasteiger charge is -2.13. The van der Waals surface area contributed by atoms with E-state index >= 15 is 0 Å². The molecule has 0 saturated heterocycles. The van der Waals surface area contributed by atoms with Crippen molar-refractivity contribution in [1.29, 1.82) is 0 Å². The van der Waals surface area contributed by atoms with E-state index < -0.39 is 11.9 Å². The quantitative estimate of drug-likeness (QED) is 0.619. The van der Waals surface area contributed by atoms with Crippen LogP contribution in [0, 0.1) is 0 Å². The summed E-state index contributed by atoms with van der Waals surface area (Å²) in [6.07, 6.45) is 0.757. The zero-order chi connectivity index (χ0) is 19.8. The van der Waals surface area contributed by atoms with Crippen LogP contribution in [0.5, 0.6) is 5.75 Å². The van der Waals surface area contributed by atoms with Crippen LogP contribution in [0.15, 0.2) is 42.5 Å². The van der Waals surface area contributed by atoms with Crippen LogP contribution in [0.25, 0.3) is 0 Å². The number of rotatable bonds is 9. The van der Waals surface area contributed by atoms with Crippen molar-refractivity contribution in [3.05, 3.63) is 58.6 Å². The number of hydrogen-bond acceptors (Lipinski definition) is 4. The summed E-state index contributed by atoms with van der Waals surface area (Å²) in [5.74, 6) is -1.30. The Balaban J connectivity index is 2.02. The standard InChI is InChI=1S/C20H20ClNO5/c1-2-11-27-18-9-5-14(20(25)26)12-16(18)22-19(24)10-8-17(23)13-3-6-15(21)7-4-13/h3-7,9,12H,2,8,10-11H2,1H3,(H,22,24)(H,25,26). The highest BCUT2D eigenvalue weighted by atomic mass is 35.5. The van der Waals surface area contributed by atoms with Gasteiger partial charge in [-0.05, 0) is 48.9 Å². The third-order valence-corrected chi connectivity index (χ3v) is 3.96. The van der Waals surface area contributed by atoms with Gasteiger partial charge in [-0.15, -0.1) is 0 Å². The van der Waals surface area contributed by atoms with E-state index in [4.69, 9.17) is 21.4 Å². The molecule has 0 saturated carbocycles. The highest BCUT2D eigenvalue weighted by Gasteiger charge is 2.14. The molecule has 0 radical (unpaired) electrons. The average molecular weight is 390 g/mol. The van der Waals surface area contributed by atoms with Crippen molar-refractivity contribution in [2.75, 3.05) is 11.9 Å². The summed E-state index contributed by atoms with van der Waals surface area (Å²) in [6.45, 7) is 2.37. The number of ether oxygens (including phenoxy) is 1. The molecule has 0 spiro atoms. The van der Waals surface area contributed by atoms with Gasteiger partial charge in [0.25, 0.3) is 0 Å². The molecule has 0 bridgehead atoms. The van der Waals surface area contributed by atoms with E-state index in [0.717, 1.165) is 6.42 Å². The molecule has 0 atom stereocenters. The summed E-state index contributed by atoms with van der Waals surface area (Å²) in [5, 5.41) is 12.3. The van der Waals surface area contributed by atoms with Crippen molar-refractivity contribution >= 4 is 34.9 Å². The molecular formula is C20H20ClNO5. The molecule has 0 fully saturated rings. The number of hydrogen-bond donors (Lipinski definition) is 2. The van der Waals surface area contributed by atoms with Crippen molar-refractivity contribution in [3.63, 3.8) is 0 Å². The Kier molecular flexibility index (Phi) is 7.37. The summed E-state index contributed by atoms with van der Waals surface area (Å²) >= 11 is 5.79. The Hall–Kier alpha value is -2.86. The lowest BCUT2D eigenvalue weighted by molar-refractivity contribution is -0.116. The predicted molar refractivity (Wildman–Crippen MR) is 103 cm³/mol. The second kappa shape index (κ2) is 9.73. The highest BCUT2D eigenvalue weighted by molar-refractivity contribution is 6.30. The molecular weight excluding hydrogens is 370 g/mol. The van der Waals surface area contributed by atoms with Gasteiger partial charge >= 0.3 is 5.97 Å². The summed E-state index contributed by atoms with van der Waals surface area (Å²) < 4.78 is 5.54. The third kappa shape index (κ3) is 6.11. The summed E-state index contributed by atoms with van der Waals surface area (Å²) in [5.41, 5.74) is 0.783. The van der Waals surface area contributed by atoms with Gasteiger partial charge in [-0.3, -0.25) is 9.59 Å². The van der Waals surface area contributed by atoms with Crippen molar-refractivity contribution in [1.82, 2.24) is 0 Å². The molecule has 7 heteroatoms. The molecule has 0 aliphatic heterocycles. The van der Waals surface area contributed by atoms with Gasteiger partial charge in [0.2, 0.25) is 5.91 Å². The number of carboxylic acid groups (broad SMARTS) is 1. The Morgan fingerprint density at radius 1 is 1.04 bits per heavy atom. The van der Waals surface area contributed by atoms with E-state index in [9.17, 15) is 14.4 Å². The minimum Gasteiger partial charge on any atom is -0.491 e. The van der Waals surface area contributed by atoms with Gasteiger partial charge in [0, 0.05) is 23.4 Å². The zero-order valence-electron chi connectivity index (χ0n) is 14.8. The first-order valence-electron chi connectivity index (χ1n) is 8.49. The number of Topliss-reactive ketones (excluding diaryl/α,β-unsaturated/α-hetero) is 1. The minimum absolute atomic E-state index is 0.0250. The molecule has 2 aromatic carbocycles. The van der Waals surface area contributed by atoms with Crippen molar-refractivity contribution in [2.45, 2.75) is 26.2 Å². The number of ketones is 1. The van der Waals surface area contributed by atoms with Crippen LogP contribution < -0.4 is 10.1 Å². The molecule has 2 rings (SSSR count). The van der Waals surface area contributed by atoms with Gasteiger partial charge in [-0.1, -0.05) is 18.5 Å². The Labute approximate surface area is 162 Å². The summed E-state index contributed by atoms with van der Waals surface area (Å²) in [7, 11) is 0. The number of anilines is 1. The van der Waals surface area contributed by atoms with Crippen molar-refractivity contribution in [2.24, 2.45) is 0 Å². The predicted octanol–water partition coefficient (Wildman–Crippen LogP) is 4.43. The van der Waals surface area contributed by atoms with E-state index in [-0.39, 0.29) is 29.9 Å². The molecule has 0 aliphatic rings. The minimum atomic E-state index is -1.11. The molecule has 2 aromatic rings. The van der Waals surface area contributed by atoms with Gasteiger partial charge < -0.3 is 15.2 Å². The van der Waals surface area contributed by atoms with Gasteiger partial charge in [-0.25, -0.2) is 4.79 Å². The van der Waals surface area contributed by atoms with Gasteiger partial charge in [0.15, 0.2) is 5.78 Å². The van der Waals surface area contributed by atoms with E-state index in [2.05, 4.69) is 5.32 Å². The SMILES string of the molecule is CCCOc1ccc(C(=O)O)cc1NC(=O)CCC(=O)c1ccc(Cl)cc1. The maximum absolute atomic E-state index is 12.2. The molecule has 1 amide bonds. The van der Waals surface area contributed by atoms with Crippen LogP contribution >= 0.6 is 11.6 Å². The second-order valence-electron chi connectivity index (χ2n) is 5.84. The summed E-state index contributed by atoms with van der Waals surface area (Å²) in [6, 6.07) is 10.7. The first-order valence-corrected chi connectivity index (χ1v) is 8.87. The maximum atomic E-state index is 12.2. The van der Waals surface area contributed by atoms with E-state index in [1.54, 1.807) is 24.3 Å².